The van der Waals surface area contributed by atoms with Gasteiger partial charge in [0.25, 0.3) is 5.91 Å². The summed E-state index contributed by atoms with van der Waals surface area (Å²) in [4.78, 5) is 24.3. The standard InChI is InChI=1S/C18H22ClN3O3/c1-2-3-11-25-18(24)15-7-4-5-8-16(15)22-17(23)14(12-20)13-21-10-6-9-19/h4-5,7-8,13,21H,2-3,6,9-11H2,1H3,(H,22,23)/b14-13-. The fourth-order valence-electron chi connectivity index (χ4n) is 1.84. The third-order valence-corrected chi connectivity index (χ3v) is 3.46. The zero-order chi connectivity index (χ0) is 18.5. The summed E-state index contributed by atoms with van der Waals surface area (Å²) in [5.74, 6) is -0.621. The summed E-state index contributed by atoms with van der Waals surface area (Å²) in [5, 5.41) is 14.5. The molecule has 0 atom stereocenters. The molecule has 0 aromatic heterocycles. The summed E-state index contributed by atoms with van der Waals surface area (Å²) >= 11 is 5.56. The lowest BCUT2D eigenvalue weighted by molar-refractivity contribution is -0.112. The first-order valence-corrected chi connectivity index (χ1v) is 8.64. The van der Waals surface area contributed by atoms with E-state index in [1.807, 2.05) is 13.0 Å². The number of para-hydroxylation sites is 1. The summed E-state index contributed by atoms with van der Waals surface area (Å²) < 4.78 is 5.17. The molecule has 7 heteroatoms. The van der Waals surface area contributed by atoms with Crippen molar-refractivity contribution >= 4 is 29.2 Å². The Kier molecular flexibility index (Phi) is 9.79. The molecule has 0 spiro atoms. The van der Waals surface area contributed by atoms with E-state index in [1.165, 1.54) is 6.20 Å². The lowest BCUT2D eigenvalue weighted by Crippen LogP contribution is -2.19. The number of hydrogen-bond donors (Lipinski definition) is 2. The van der Waals surface area contributed by atoms with Crippen molar-refractivity contribution in [3.05, 3.63) is 41.6 Å². The summed E-state index contributed by atoms with van der Waals surface area (Å²) in [7, 11) is 0. The minimum absolute atomic E-state index is 0.0938. The number of nitrogens with zero attached hydrogens (tertiary/aromatic N) is 1. The number of anilines is 1. The van der Waals surface area contributed by atoms with E-state index in [4.69, 9.17) is 21.6 Å². The number of halogens is 1. The minimum Gasteiger partial charge on any atom is -0.462 e. The van der Waals surface area contributed by atoms with E-state index in [0.29, 0.717) is 31.1 Å². The van der Waals surface area contributed by atoms with E-state index < -0.39 is 11.9 Å². The lowest BCUT2D eigenvalue weighted by Gasteiger charge is -2.10. The molecular weight excluding hydrogens is 342 g/mol. The van der Waals surface area contributed by atoms with E-state index in [-0.39, 0.29) is 11.1 Å². The van der Waals surface area contributed by atoms with Crippen molar-refractivity contribution in [3.63, 3.8) is 0 Å². The van der Waals surface area contributed by atoms with Crippen LogP contribution >= 0.6 is 11.6 Å². The molecule has 0 saturated heterocycles. The summed E-state index contributed by atoms with van der Waals surface area (Å²) in [6, 6.07) is 8.35. The second-order valence-electron chi connectivity index (χ2n) is 5.16. The first-order valence-electron chi connectivity index (χ1n) is 8.11. The number of benzene rings is 1. The zero-order valence-electron chi connectivity index (χ0n) is 14.2. The Morgan fingerprint density at radius 3 is 2.76 bits per heavy atom. The van der Waals surface area contributed by atoms with Gasteiger partial charge in [-0.2, -0.15) is 5.26 Å². The average Bonchev–Trinajstić information content (AvgIpc) is 2.62. The number of hydrogen-bond acceptors (Lipinski definition) is 5. The molecule has 0 unspecified atom stereocenters. The smallest absolute Gasteiger partial charge is 0.340 e. The van der Waals surface area contributed by atoms with Gasteiger partial charge in [-0.15, -0.1) is 11.6 Å². The van der Waals surface area contributed by atoms with E-state index >= 15 is 0 Å². The molecule has 0 saturated carbocycles. The van der Waals surface area contributed by atoms with E-state index in [9.17, 15) is 9.59 Å². The van der Waals surface area contributed by atoms with Crippen LogP contribution in [-0.2, 0) is 9.53 Å². The Morgan fingerprint density at radius 1 is 1.32 bits per heavy atom. The fourth-order valence-corrected chi connectivity index (χ4v) is 1.97. The zero-order valence-corrected chi connectivity index (χ0v) is 14.9. The maximum absolute atomic E-state index is 12.2. The fraction of sp³-hybridized carbons (Fsp3) is 0.389. The second-order valence-corrected chi connectivity index (χ2v) is 5.53. The van der Waals surface area contributed by atoms with Gasteiger partial charge in [-0.25, -0.2) is 4.79 Å². The first kappa shape index (κ1) is 20.5. The maximum atomic E-state index is 12.2. The van der Waals surface area contributed by atoms with E-state index in [0.717, 1.165) is 12.8 Å². The van der Waals surface area contributed by atoms with Crippen molar-refractivity contribution in [2.45, 2.75) is 26.2 Å². The molecule has 0 heterocycles. The predicted octanol–water partition coefficient (Wildman–Crippen LogP) is 3.21. The average molecular weight is 364 g/mol. The van der Waals surface area contributed by atoms with Crippen molar-refractivity contribution in [2.75, 3.05) is 24.3 Å². The van der Waals surface area contributed by atoms with Crippen molar-refractivity contribution in [3.8, 4) is 6.07 Å². The molecule has 0 bridgehead atoms. The van der Waals surface area contributed by atoms with E-state index in [2.05, 4.69) is 10.6 Å². The van der Waals surface area contributed by atoms with Gasteiger partial charge in [0.1, 0.15) is 11.6 Å². The molecule has 1 aromatic rings. The van der Waals surface area contributed by atoms with Crippen LogP contribution in [0.15, 0.2) is 36.0 Å². The van der Waals surface area contributed by atoms with Crippen LogP contribution in [0, 0.1) is 11.3 Å². The number of esters is 1. The number of carbonyl (C=O) groups excluding carboxylic acids is 2. The molecule has 0 aliphatic heterocycles. The SMILES string of the molecule is CCCCOC(=O)c1ccccc1NC(=O)/C(C#N)=C\NCCCCl. The molecule has 25 heavy (non-hydrogen) atoms. The number of amides is 1. The Hall–Kier alpha value is -2.52. The summed E-state index contributed by atoms with van der Waals surface area (Å²) in [6.45, 7) is 2.88. The number of unbranched alkanes of at least 4 members (excludes halogenated alkanes) is 1. The number of rotatable bonds is 10. The van der Waals surface area contributed by atoms with Crippen LogP contribution in [0.25, 0.3) is 0 Å². The summed E-state index contributed by atoms with van der Waals surface area (Å²) in [5.41, 5.74) is 0.457. The Labute approximate surface area is 152 Å². The Bertz CT molecular complexity index is 653. The normalized spacial score (nSPS) is 10.7. The van der Waals surface area contributed by atoms with Gasteiger partial charge in [-0.3, -0.25) is 4.79 Å². The second kappa shape index (κ2) is 11.9. The van der Waals surface area contributed by atoms with Crippen molar-refractivity contribution in [1.29, 1.82) is 5.26 Å². The number of alkyl halides is 1. The monoisotopic (exact) mass is 363 g/mol. The molecule has 1 rings (SSSR count). The molecule has 6 nitrogen and oxygen atoms in total. The molecule has 1 amide bonds. The van der Waals surface area contributed by atoms with Crippen LogP contribution in [0.5, 0.6) is 0 Å². The van der Waals surface area contributed by atoms with Crippen molar-refractivity contribution in [1.82, 2.24) is 5.32 Å². The maximum Gasteiger partial charge on any atom is 0.340 e. The quantitative estimate of drug-likeness (QED) is 0.219. The number of nitriles is 1. The predicted molar refractivity (Wildman–Crippen MR) is 97.3 cm³/mol. The Morgan fingerprint density at radius 2 is 2.08 bits per heavy atom. The van der Waals surface area contributed by atoms with Crippen LogP contribution in [0.2, 0.25) is 0 Å². The highest BCUT2D eigenvalue weighted by Crippen LogP contribution is 2.17. The highest BCUT2D eigenvalue weighted by atomic mass is 35.5. The first-order chi connectivity index (χ1) is 12.1. The van der Waals surface area contributed by atoms with Crippen LogP contribution in [0.1, 0.15) is 36.5 Å². The third-order valence-electron chi connectivity index (χ3n) is 3.19. The van der Waals surface area contributed by atoms with Crippen LogP contribution in [0.3, 0.4) is 0 Å². The highest BCUT2D eigenvalue weighted by Gasteiger charge is 2.16. The van der Waals surface area contributed by atoms with Crippen molar-refractivity contribution in [2.24, 2.45) is 0 Å². The van der Waals surface area contributed by atoms with Gasteiger partial charge < -0.3 is 15.4 Å². The van der Waals surface area contributed by atoms with Gasteiger partial charge in [-0.05, 0) is 25.0 Å². The lowest BCUT2D eigenvalue weighted by atomic mass is 10.1. The van der Waals surface area contributed by atoms with Gasteiger partial charge in [-0.1, -0.05) is 25.5 Å². The van der Waals surface area contributed by atoms with Crippen LogP contribution < -0.4 is 10.6 Å². The highest BCUT2D eigenvalue weighted by molar-refractivity contribution is 6.17. The molecule has 2 N–H and O–H groups in total. The van der Waals surface area contributed by atoms with Crippen molar-refractivity contribution < 1.29 is 14.3 Å². The van der Waals surface area contributed by atoms with Crippen LogP contribution in [-0.4, -0.2) is 30.9 Å². The molecule has 1 aromatic carbocycles. The largest absolute Gasteiger partial charge is 0.462 e. The molecule has 0 aliphatic carbocycles. The molecule has 0 radical (unpaired) electrons. The third kappa shape index (κ3) is 7.27. The number of ether oxygens (including phenoxy) is 1. The molecular formula is C18H22ClN3O3. The number of carbonyl (C=O) groups is 2. The molecule has 0 fully saturated rings. The van der Waals surface area contributed by atoms with Gasteiger partial charge in [0.15, 0.2) is 0 Å². The van der Waals surface area contributed by atoms with E-state index in [1.54, 1.807) is 24.3 Å². The van der Waals surface area contributed by atoms with Gasteiger partial charge >= 0.3 is 5.97 Å². The van der Waals surface area contributed by atoms with Gasteiger partial charge in [0, 0.05) is 18.6 Å². The Balaban J connectivity index is 2.79. The molecule has 134 valence electrons. The summed E-state index contributed by atoms with van der Waals surface area (Å²) in [6.07, 6.45) is 3.74. The van der Waals surface area contributed by atoms with Gasteiger partial charge in [0.2, 0.25) is 0 Å². The van der Waals surface area contributed by atoms with Crippen LogP contribution in [0.4, 0.5) is 5.69 Å². The topological polar surface area (TPSA) is 91.2 Å². The molecule has 0 aliphatic rings. The van der Waals surface area contributed by atoms with Gasteiger partial charge in [0.05, 0.1) is 17.9 Å². The minimum atomic E-state index is -0.602. The number of nitrogens with one attached hydrogen (secondary N) is 2.